The summed E-state index contributed by atoms with van der Waals surface area (Å²) < 4.78 is 2.18. The monoisotopic (exact) mass is 373 g/mol. The van der Waals surface area contributed by atoms with Gasteiger partial charge in [0.15, 0.2) is 0 Å². The molecule has 0 fully saturated rings. The number of hydrogen-bond donors (Lipinski definition) is 2. The molecule has 4 heteroatoms. The number of phenolic OH excluding ortho intramolecular Hbond substituents is 1. The van der Waals surface area contributed by atoms with Crippen molar-refractivity contribution in [3.05, 3.63) is 71.8 Å². The standard InChI is InChI=1S/C24H27N3O/c1-17-14-18(16-26(3)13-12-25-2)24(28)23(15-17)27-21-10-6-4-8-19(21)20-9-5-7-11-22(20)27/h4-11,14-15,25,28H,12-13,16H2,1-3H3. The van der Waals surface area contributed by atoms with Crippen molar-refractivity contribution < 1.29 is 5.11 Å². The molecule has 2 N–H and O–H groups in total. The Hall–Kier alpha value is -2.82. The molecular weight excluding hydrogens is 346 g/mol. The van der Waals surface area contributed by atoms with Crippen LogP contribution in [-0.4, -0.2) is 41.8 Å². The molecule has 0 saturated carbocycles. The summed E-state index contributed by atoms with van der Waals surface area (Å²) in [6, 6.07) is 20.9. The number of hydrogen-bond acceptors (Lipinski definition) is 3. The third kappa shape index (κ3) is 3.26. The summed E-state index contributed by atoms with van der Waals surface area (Å²) in [5.74, 6) is 0.355. The van der Waals surface area contributed by atoms with Gasteiger partial charge >= 0.3 is 0 Å². The lowest BCUT2D eigenvalue weighted by atomic mass is 10.1. The number of aromatic hydroxyl groups is 1. The molecule has 0 unspecified atom stereocenters. The summed E-state index contributed by atoms with van der Waals surface area (Å²) in [5, 5.41) is 16.8. The molecule has 0 bridgehead atoms. The predicted octanol–water partition coefficient (Wildman–Crippen LogP) is 4.45. The largest absolute Gasteiger partial charge is 0.505 e. The summed E-state index contributed by atoms with van der Waals surface area (Å²) in [7, 11) is 4.04. The Balaban J connectivity index is 1.90. The molecule has 0 aliphatic carbocycles. The van der Waals surface area contributed by atoms with Crippen LogP contribution < -0.4 is 5.32 Å². The van der Waals surface area contributed by atoms with Crippen molar-refractivity contribution >= 4 is 21.8 Å². The van der Waals surface area contributed by atoms with Crippen LogP contribution in [0.4, 0.5) is 0 Å². The Labute approximate surface area is 166 Å². The zero-order chi connectivity index (χ0) is 19.7. The highest BCUT2D eigenvalue weighted by atomic mass is 16.3. The van der Waals surface area contributed by atoms with Crippen molar-refractivity contribution in [2.24, 2.45) is 0 Å². The highest BCUT2D eigenvalue weighted by molar-refractivity contribution is 6.09. The fraction of sp³-hybridized carbons (Fsp3) is 0.250. The zero-order valence-electron chi connectivity index (χ0n) is 16.7. The van der Waals surface area contributed by atoms with Gasteiger partial charge in [-0.3, -0.25) is 0 Å². The summed E-state index contributed by atoms with van der Waals surface area (Å²) in [5.41, 5.74) is 5.16. The molecule has 0 aliphatic rings. The first-order chi connectivity index (χ1) is 13.6. The van der Waals surface area contributed by atoms with Crippen molar-refractivity contribution in [2.45, 2.75) is 13.5 Å². The Morgan fingerprint density at radius 3 is 2.18 bits per heavy atom. The van der Waals surface area contributed by atoms with E-state index in [0.29, 0.717) is 12.3 Å². The van der Waals surface area contributed by atoms with Gasteiger partial charge in [0.05, 0.1) is 16.7 Å². The Morgan fingerprint density at radius 1 is 0.964 bits per heavy atom. The smallest absolute Gasteiger partial charge is 0.144 e. The molecule has 4 rings (SSSR count). The van der Waals surface area contributed by atoms with Crippen LogP contribution in [0.15, 0.2) is 60.7 Å². The highest BCUT2D eigenvalue weighted by Crippen LogP contribution is 2.37. The predicted molar refractivity (Wildman–Crippen MR) is 117 cm³/mol. The quantitative estimate of drug-likeness (QED) is 0.525. The van der Waals surface area contributed by atoms with Crippen LogP contribution in [-0.2, 0) is 6.54 Å². The summed E-state index contributed by atoms with van der Waals surface area (Å²) >= 11 is 0. The van der Waals surface area contributed by atoms with Gasteiger partial charge in [-0.15, -0.1) is 0 Å². The van der Waals surface area contributed by atoms with Crippen LogP contribution in [0.5, 0.6) is 5.75 Å². The fourth-order valence-electron chi connectivity index (χ4n) is 3.98. The van der Waals surface area contributed by atoms with E-state index in [2.05, 4.69) is 89.4 Å². The number of aryl methyl sites for hydroxylation is 1. The first kappa shape index (κ1) is 18.5. The average molecular weight is 374 g/mol. The number of likely N-dealkylation sites (N-methyl/N-ethyl adjacent to an activating group) is 2. The van der Waals surface area contributed by atoms with E-state index >= 15 is 0 Å². The van der Waals surface area contributed by atoms with Crippen molar-refractivity contribution in [1.29, 1.82) is 0 Å². The Bertz CT molecular complexity index is 1080. The van der Waals surface area contributed by atoms with Crippen molar-refractivity contribution in [1.82, 2.24) is 14.8 Å². The van der Waals surface area contributed by atoms with Crippen LogP contribution in [0, 0.1) is 6.92 Å². The van der Waals surface area contributed by atoms with Crippen LogP contribution >= 0.6 is 0 Å². The number of nitrogens with one attached hydrogen (secondary N) is 1. The van der Waals surface area contributed by atoms with Crippen LogP contribution in [0.1, 0.15) is 11.1 Å². The Kier molecular flexibility index (Phi) is 5.07. The number of phenols is 1. The van der Waals surface area contributed by atoms with E-state index in [1.54, 1.807) is 0 Å². The molecule has 0 radical (unpaired) electrons. The van der Waals surface area contributed by atoms with Crippen LogP contribution in [0.2, 0.25) is 0 Å². The lowest BCUT2D eigenvalue weighted by Gasteiger charge is -2.20. The molecule has 0 atom stereocenters. The maximum Gasteiger partial charge on any atom is 0.144 e. The minimum Gasteiger partial charge on any atom is -0.505 e. The first-order valence-corrected chi connectivity index (χ1v) is 9.74. The van der Waals surface area contributed by atoms with Crippen LogP contribution in [0.3, 0.4) is 0 Å². The maximum absolute atomic E-state index is 11.2. The molecule has 28 heavy (non-hydrogen) atoms. The minimum atomic E-state index is 0.355. The number of nitrogens with zero attached hydrogens (tertiary/aromatic N) is 2. The SMILES string of the molecule is CNCCN(C)Cc1cc(C)cc(-n2c3ccccc3c3ccccc32)c1O. The molecule has 4 aromatic rings. The average Bonchev–Trinajstić information content (AvgIpc) is 3.03. The topological polar surface area (TPSA) is 40.4 Å². The van der Waals surface area contributed by atoms with E-state index in [1.165, 1.54) is 10.8 Å². The molecule has 0 spiro atoms. The third-order valence-electron chi connectivity index (χ3n) is 5.32. The van der Waals surface area contributed by atoms with Gasteiger partial charge in [-0.2, -0.15) is 0 Å². The molecule has 3 aromatic carbocycles. The number of para-hydroxylation sites is 2. The minimum absolute atomic E-state index is 0.355. The van der Waals surface area contributed by atoms with Gasteiger partial charge in [-0.1, -0.05) is 42.5 Å². The Morgan fingerprint density at radius 2 is 1.57 bits per heavy atom. The van der Waals surface area contributed by atoms with Crippen molar-refractivity contribution in [3.8, 4) is 11.4 Å². The number of aromatic nitrogens is 1. The molecule has 1 heterocycles. The van der Waals surface area contributed by atoms with E-state index in [9.17, 15) is 5.11 Å². The van der Waals surface area contributed by atoms with Gasteiger partial charge in [0.25, 0.3) is 0 Å². The third-order valence-corrected chi connectivity index (χ3v) is 5.32. The molecule has 0 aliphatic heterocycles. The maximum atomic E-state index is 11.2. The number of fused-ring (bicyclic) bond motifs is 3. The zero-order valence-corrected chi connectivity index (χ0v) is 16.7. The lowest BCUT2D eigenvalue weighted by molar-refractivity contribution is 0.321. The summed E-state index contributed by atoms with van der Waals surface area (Å²) in [6.45, 7) is 4.64. The molecule has 0 amide bonds. The van der Waals surface area contributed by atoms with Gasteiger partial charge < -0.3 is 19.9 Å². The first-order valence-electron chi connectivity index (χ1n) is 9.74. The van der Waals surface area contributed by atoms with E-state index in [0.717, 1.165) is 40.9 Å². The normalized spacial score (nSPS) is 11.7. The van der Waals surface area contributed by atoms with Gasteiger partial charge in [0.2, 0.25) is 0 Å². The van der Waals surface area contributed by atoms with Crippen molar-refractivity contribution in [2.75, 3.05) is 27.2 Å². The van der Waals surface area contributed by atoms with Gasteiger partial charge in [0.1, 0.15) is 5.75 Å². The van der Waals surface area contributed by atoms with E-state index < -0.39 is 0 Å². The van der Waals surface area contributed by atoms with E-state index in [4.69, 9.17) is 0 Å². The molecule has 1 aromatic heterocycles. The molecular formula is C24H27N3O. The number of benzene rings is 3. The second kappa shape index (κ2) is 7.66. The van der Waals surface area contributed by atoms with Gasteiger partial charge in [-0.05, 0) is 44.8 Å². The van der Waals surface area contributed by atoms with Crippen LogP contribution in [0.25, 0.3) is 27.5 Å². The summed E-state index contributed by atoms with van der Waals surface area (Å²) in [6.07, 6.45) is 0. The molecule has 144 valence electrons. The lowest BCUT2D eigenvalue weighted by Crippen LogP contribution is -2.27. The number of rotatable bonds is 6. The summed E-state index contributed by atoms with van der Waals surface area (Å²) in [4.78, 5) is 2.22. The van der Waals surface area contributed by atoms with Crippen molar-refractivity contribution in [3.63, 3.8) is 0 Å². The second-order valence-electron chi connectivity index (χ2n) is 7.50. The molecule has 0 saturated heterocycles. The van der Waals surface area contributed by atoms with Gasteiger partial charge in [0, 0.05) is 36.0 Å². The van der Waals surface area contributed by atoms with E-state index in [1.807, 2.05) is 7.05 Å². The molecule has 4 nitrogen and oxygen atoms in total. The highest BCUT2D eigenvalue weighted by Gasteiger charge is 2.17. The fourth-order valence-corrected chi connectivity index (χ4v) is 3.98. The van der Waals surface area contributed by atoms with Gasteiger partial charge in [-0.25, -0.2) is 0 Å². The second-order valence-corrected chi connectivity index (χ2v) is 7.50. The van der Waals surface area contributed by atoms with E-state index in [-0.39, 0.29) is 0 Å².